The van der Waals surface area contributed by atoms with Gasteiger partial charge in [-0.05, 0) is 43.7 Å². The van der Waals surface area contributed by atoms with E-state index in [2.05, 4.69) is 24.5 Å². The van der Waals surface area contributed by atoms with Gasteiger partial charge in [-0.3, -0.25) is 4.79 Å². The van der Waals surface area contributed by atoms with E-state index >= 15 is 0 Å². The minimum atomic E-state index is 0.0522. The minimum Gasteiger partial charge on any atom is -0.384 e. The number of nitrogens with one attached hydrogen (secondary N) is 2. The SMILES string of the molecule is CCCNc1ccc(C)cc1C(=O)NCC1CCCC1C. The number of anilines is 1. The average Bonchev–Trinajstić information content (AvgIpc) is 2.88. The molecule has 0 bridgehead atoms. The van der Waals surface area contributed by atoms with Gasteiger partial charge in [0, 0.05) is 18.8 Å². The molecule has 0 aromatic heterocycles. The lowest BCUT2D eigenvalue weighted by molar-refractivity contribution is 0.0945. The Kier molecular flexibility index (Phi) is 5.66. The zero-order valence-corrected chi connectivity index (χ0v) is 13.5. The maximum Gasteiger partial charge on any atom is 0.253 e. The third-order valence-electron chi connectivity index (χ3n) is 4.55. The second kappa shape index (κ2) is 7.48. The lowest BCUT2D eigenvalue weighted by atomic mass is 9.98. The molecule has 2 rings (SSSR count). The quantitative estimate of drug-likeness (QED) is 0.831. The highest BCUT2D eigenvalue weighted by Gasteiger charge is 2.24. The van der Waals surface area contributed by atoms with Gasteiger partial charge in [-0.1, -0.05) is 38.3 Å². The summed E-state index contributed by atoms with van der Waals surface area (Å²) >= 11 is 0. The Morgan fingerprint density at radius 1 is 1.33 bits per heavy atom. The average molecular weight is 288 g/mol. The Bertz CT molecular complexity index is 484. The Labute approximate surface area is 128 Å². The second-order valence-corrected chi connectivity index (χ2v) is 6.35. The van der Waals surface area contributed by atoms with E-state index in [1.165, 1.54) is 19.3 Å². The van der Waals surface area contributed by atoms with E-state index in [1.54, 1.807) is 0 Å². The van der Waals surface area contributed by atoms with E-state index in [9.17, 15) is 4.79 Å². The summed E-state index contributed by atoms with van der Waals surface area (Å²) in [5, 5.41) is 6.48. The van der Waals surface area contributed by atoms with Crippen molar-refractivity contribution in [3.8, 4) is 0 Å². The topological polar surface area (TPSA) is 41.1 Å². The molecule has 1 fully saturated rings. The first kappa shape index (κ1) is 15.9. The highest BCUT2D eigenvalue weighted by molar-refractivity contribution is 5.99. The van der Waals surface area contributed by atoms with Gasteiger partial charge in [0.05, 0.1) is 5.56 Å². The molecule has 0 radical (unpaired) electrons. The molecule has 21 heavy (non-hydrogen) atoms. The van der Waals surface area contributed by atoms with Crippen LogP contribution in [0.4, 0.5) is 5.69 Å². The van der Waals surface area contributed by atoms with Crippen LogP contribution in [0.1, 0.15) is 55.5 Å². The first-order chi connectivity index (χ1) is 10.1. The molecule has 1 amide bonds. The maximum absolute atomic E-state index is 12.5. The largest absolute Gasteiger partial charge is 0.384 e. The molecule has 1 aromatic rings. The number of amides is 1. The van der Waals surface area contributed by atoms with Crippen LogP contribution in [0.5, 0.6) is 0 Å². The number of carbonyl (C=O) groups is 1. The van der Waals surface area contributed by atoms with Gasteiger partial charge in [0.15, 0.2) is 0 Å². The summed E-state index contributed by atoms with van der Waals surface area (Å²) in [7, 11) is 0. The van der Waals surface area contributed by atoms with E-state index in [-0.39, 0.29) is 5.91 Å². The van der Waals surface area contributed by atoms with Gasteiger partial charge in [0.25, 0.3) is 5.91 Å². The highest BCUT2D eigenvalue weighted by Crippen LogP contribution is 2.30. The number of hydrogen-bond donors (Lipinski definition) is 2. The molecular weight excluding hydrogens is 260 g/mol. The van der Waals surface area contributed by atoms with Crippen molar-refractivity contribution in [2.45, 2.75) is 46.5 Å². The molecule has 3 nitrogen and oxygen atoms in total. The minimum absolute atomic E-state index is 0.0522. The monoisotopic (exact) mass is 288 g/mol. The molecule has 1 aromatic carbocycles. The van der Waals surface area contributed by atoms with Gasteiger partial charge in [-0.15, -0.1) is 0 Å². The fourth-order valence-corrected chi connectivity index (χ4v) is 3.10. The molecule has 2 N–H and O–H groups in total. The molecule has 0 heterocycles. The van der Waals surface area contributed by atoms with Crippen molar-refractivity contribution in [1.29, 1.82) is 0 Å². The van der Waals surface area contributed by atoms with Crippen LogP contribution in [0.2, 0.25) is 0 Å². The standard InChI is InChI=1S/C18H28N2O/c1-4-10-19-17-9-8-13(2)11-16(17)18(21)20-12-15-7-5-6-14(15)3/h8-9,11,14-15,19H,4-7,10,12H2,1-3H3,(H,20,21). The van der Waals surface area contributed by atoms with Gasteiger partial charge < -0.3 is 10.6 Å². The lowest BCUT2D eigenvalue weighted by Gasteiger charge is -2.17. The van der Waals surface area contributed by atoms with Crippen LogP contribution in [0.3, 0.4) is 0 Å². The predicted molar refractivity (Wildman–Crippen MR) is 88.8 cm³/mol. The summed E-state index contributed by atoms with van der Waals surface area (Å²) in [6.07, 6.45) is 4.90. The van der Waals surface area contributed by atoms with Crippen LogP contribution in [-0.2, 0) is 0 Å². The van der Waals surface area contributed by atoms with E-state index in [4.69, 9.17) is 0 Å². The van der Waals surface area contributed by atoms with Crippen molar-refractivity contribution in [2.24, 2.45) is 11.8 Å². The molecule has 1 aliphatic rings. The first-order valence-electron chi connectivity index (χ1n) is 8.24. The van der Waals surface area contributed by atoms with Crippen LogP contribution in [0.25, 0.3) is 0 Å². The normalized spacial score (nSPS) is 21.3. The highest BCUT2D eigenvalue weighted by atomic mass is 16.1. The van der Waals surface area contributed by atoms with E-state index in [0.29, 0.717) is 5.92 Å². The van der Waals surface area contributed by atoms with Crippen molar-refractivity contribution in [2.75, 3.05) is 18.4 Å². The fourth-order valence-electron chi connectivity index (χ4n) is 3.10. The van der Waals surface area contributed by atoms with Gasteiger partial charge in [0.2, 0.25) is 0 Å². The first-order valence-corrected chi connectivity index (χ1v) is 8.24. The molecule has 1 saturated carbocycles. The number of hydrogen-bond acceptors (Lipinski definition) is 2. The predicted octanol–water partition coefficient (Wildman–Crippen LogP) is 3.98. The van der Waals surface area contributed by atoms with E-state index in [1.807, 2.05) is 25.1 Å². The van der Waals surface area contributed by atoms with Crippen molar-refractivity contribution < 1.29 is 4.79 Å². The van der Waals surface area contributed by atoms with Gasteiger partial charge in [-0.25, -0.2) is 0 Å². The summed E-state index contributed by atoms with van der Waals surface area (Å²) < 4.78 is 0. The van der Waals surface area contributed by atoms with Gasteiger partial charge >= 0.3 is 0 Å². The molecule has 2 unspecified atom stereocenters. The van der Waals surface area contributed by atoms with E-state index in [0.717, 1.165) is 42.2 Å². The lowest BCUT2D eigenvalue weighted by Crippen LogP contribution is -2.30. The fraction of sp³-hybridized carbons (Fsp3) is 0.611. The summed E-state index contributed by atoms with van der Waals surface area (Å²) in [4.78, 5) is 12.5. The van der Waals surface area contributed by atoms with Crippen LogP contribution in [0, 0.1) is 18.8 Å². The van der Waals surface area contributed by atoms with Crippen LogP contribution >= 0.6 is 0 Å². The summed E-state index contributed by atoms with van der Waals surface area (Å²) in [6.45, 7) is 8.15. The zero-order chi connectivity index (χ0) is 15.2. The molecule has 3 heteroatoms. The summed E-state index contributed by atoms with van der Waals surface area (Å²) in [5.41, 5.74) is 2.84. The zero-order valence-electron chi connectivity index (χ0n) is 13.5. The number of rotatable bonds is 6. The molecule has 116 valence electrons. The van der Waals surface area contributed by atoms with Crippen LogP contribution in [-0.4, -0.2) is 19.0 Å². The molecule has 0 aliphatic heterocycles. The summed E-state index contributed by atoms with van der Waals surface area (Å²) in [6, 6.07) is 6.04. The van der Waals surface area contributed by atoms with Crippen molar-refractivity contribution in [3.63, 3.8) is 0 Å². The Hall–Kier alpha value is -1.51. The van der Waals surface area contributed by atoms with Crippen molar-refractivity contribution >= 4 is 11.6 Å². The smallest absolute Gasteiger partial charge is 0.253 e. The molecule has 0 saturated heterocycles. The number of carbonyl (C=O) groups excluding carboxylic acids is 1. The molecule has 0 spiro atoms. The maximum atomic E-state index is 12.5. The molecule has 2 atom stereocenters. The Balaban J connectivity index is 2.01. The van der Waals surface area contributed by atoms with Crippen molar-refractivity contribution in [1.82, 2.24) is 5.32 Å². The van der Waals surface area contributed by atoms with Crippen LogP contribution < -0.4 is 10.6 Å². The molecular formula is C18H28N2O. The molecule has 1 aliphatic carbocycles. The second-order valence-electron chi connectivity index (χ2n) is 6.35. The Morgan fingerprint density at radius 2 is 2.14 bits per heavy atom. The Morgan fingerprint density at radius 3 is 2.81 bits per heavy atom. The number of aryl methyl sites for hydroxylation is 1. The van der Waals surface area contributed by atoms with Gasteiger partial charge in [-0.2, -0.15) is 0 Å². The third-order valence-corrected chi connectivity index (χ3v) is 4.55. The summed E-state index contributed by atoms with van der Waals surface area (Å²) in [5.74, 6) is 1.43. The number of benzene rings is 1. The van der Waals surface area contributed by atoms with E-state index < -0.39 is 0 Å². The van der Waals surface area contributed by atoms with Crippen LogP contribution in [0.15, 0.2) is 18.2 Å². The van der Waals surface area contributed by atoms with Crippen molar-refractivity contribution in [3.05, 3.63) is 29.3 Å². The van der Waals surface area contributed by atoms with Gasteiger partial charge in [0.1, 0.15) is 0 Å². The third kappa shape index (κ3) is 4.23.